The number of aryl methyl sites for hydroxylation is 2. The molecular weight excluding hydrogens is 416 g/mol. The zero-order valence-corrected chi connectivity index (χ0v) is 19.7. The van der Waals surface area contributed by atoms with Crippen molar-refractivity contribution >= 4 is 11.7 Å². The van der Waals surface area contributed by atoms with Crippen LogP contribution in [0.25, 0.3) is 0 Å². The van der Waals surface area contributed by atoms with E-state index in [9.17, 15) is 9.59 Å². The lowest BCUT2D eigenvalue weighted by atomic mass is 9.61. The van der Waals surface area contributed by atoms with Gasteiger partial charge in [0.1, 0.15) is 5.60 Å². The minimum atomic E-state index is -0.484. The Bertz CT molecular complexity index is 1200. The molecule has 1 amide bonds. The normalized spacial score (nSPS) is 28.8. The van der Waals surface area contributed by atoms with Crippen LogP contribution in [0, 0.1) is 24.7 Å². The lowest BCUT2D eigenvalue weighted by molar-refractivity contribution is -0.119. The Morgan fingerprint density at radius 1 is 1.15 bits per heavy atom. The molecule has 1 aliphatic carbocycles. The topological polar surface area (TPSA) is 83.4 Å². The van der Waals surface area contributed by atoms with Gasteiger partial charge in [0, 0.05) is 28.8 Å². The lowest BCUT2D eigenvalue weighted by Crippen LogP contribution is -2.63. The molecule has 5 aliphatic rings. The van der Waals surface area contributed by atoms with Gasteiger partial charge in [0.25, 0.3) is 5.91 Å². The van der Waals surface area contributed by atoms with Gasteiger partial charge in [0.15, 0.2) is 11.6 Å². The van der Waals surface area contributed by atoms with E-state index in [0.29, 0.717) is 39.1 Å². The molecule has 1 aromatic rings. The number of ether oxygens (including phenoxy) is 1. The molecule has 0 radical (unpaired) electrons. The number of benzene rings is 1. The molecule has 0 saturated carbocycles. The number of Topliss-reactive ketones (excluding diaryl/α,β-unsaturated/α-hetero) is 1. The first kappa shape index (κ1) is 20.8. The van der Waals surface area contributed by atoms with E-state index in [1.54, 1.807) is 0 Å². The Morgan fingerprint density at radius 2 is 1.94 bits per heavy atom. The van der Waals surface area contributed by atoms with Crippen molar-refractivity contribution in [3.8, 4) is 0 Å². The molecule has 1 atom stereocenters. The third kappa shape index (κ3) is 2.98. The summed E-state index contributed by atoms with van der Waals surface area (Å²) in [4.78, 5) is 28.4. The maximum atomic E-state index is 13.4. The first-order chi connectivity index (χ1) is 15.6. The number of hydrogen-bond acceptors (Lipinski definition) is 6. The lowest BCUT2D eigenvalue weighted by Gasteiger charge is -2.48. The predicted molar refractivity (Wildman–Crippen MR) is 122 cm³/mol. The van der Waals surface area contributed by atoms with Gasteiger partial charge in [-0.15, -0.1) is 5.11 Å². The third-order valence-corrected chi connectivity index (χ3v) is 8.13. The summed E-state index contributed by atoms with van der Waals surface area (Å²) >= 11 is 0. The second kappa shape index (κ2) is 6.63. The Morgan fingerprint density at radius 3 is 2.70 bits per heavy atom. The number of fused-ring (bicyclic) bond motifs is 2. The average molecular weight is 447 g/mol. The molecule has 172 valence electrons. The van der Waals surface area contributed by atoms with Crippen molar-refractivity contribution in [1.29, 1.82) is 0 Å². The molecule has 7 nitrogen and oxygen atoms in total. The summed E-state index contributed by atoms with van der Waals surface area (Å²) in [5, 5.41) is 12.1. The van der Waals surface area contributed by atoms with E-state index in [1.165, 1.54) is 5.56 Å². The Labute approximate surface area is 194 Å². The Balaban J connectivity index is 1.28. The van der Waals surface area contributed by atoms with Gasteiger partial charge in [-0.05, 0) is 55.4 Å². The van der Waals surface area contributed by atoms with Crippen molar-refractivity contribution in [3.05, 3.63) is 57.6 Å². The van der Waals surface area contributed by atoms with Crippen LogP contribution < -0.4 is 5.32 Å². The summed E-state index contributed by atoms with van der Waals surface area (Å²) in [5.74, 6) is 1.04. The molecule has 7 heteroatoms. The van der Waals surface area contributed by atoms with E-state index in [0.717, 1.165) is 40.2 Å². The van der Waals surface area contributed by atoms with Gasteiger partial charge in [-0.3, -0.25) is 9.59 Å². The number of carbonyl (C=O) groups excluding carboxylic acids is 2. The molecule has 2 fully saturated rings. The number of hydrogen-bond donors (Lipinski definition) is 1. The van der Waals surface area contributed by atoms with Crippen molar-refractivity contribution in [1.82, 2.24) is 10.2 Å². The molecule has 2 saturated heterocycles. The molecule has 6 rings (SSSR count). The van der Waals surface area contributed by atoms with Crippen molar-refractivity contribution in [2.24, 2.45) is 21.1 Å². The number of likely N-dealkylation sites (tertiary alicyclic amines) is 1. The molecular formula is C26H30N4O3. The van der Waals surface area contributed by atoms with Gasteiger partial charge >= 0.3 is 0 Å². The van der Waals surface area contributed by atoms with Gasteiger partial charge in [-0.1, -0.05) is 19.9 Å². The van der Waals surface area contributed by atoms with Gasteiger partial charge in [0.05, 0.1) is 31.7 Å². The zero-order valence-electron chi connectivity index (χ0n) is 19.7. The van der Waals surface area contributed by atoms with Gasteiger partial charge in [0.2, 0.25) is 0 Å². The van der Waals surface area contributed by atoms with E-state index in [2.05, 4.69) is 29.4 Å². The summed E-state index contributed by atoms with van der Waals surface area (Å²) in [7, 11) is 0. The highest BCUT2D eigenvalue weighted by atomic mass is 16.5. The molecule has 4 aliphatic heterocycles. The van der Waals surface area contributed by atoms with E-state index in [-0.39, 0.29) is 17.1 Å². The quantitative estimate of drug-likeness (QED) is 0.711. The molecule has 0 aromatic heterocycles. The molecule has 2 spiro atoms. The summed E-state index contributed by atoms with van der Waals surface area (Å²) in [5.41, 5.74) is 4.97. The summed E-state index contributed by atoms with van der Waals surface area (Å²) in [6, 6.07) is 5.86. The number of azo groups is 1. The average Bonchev–Trinajstić information content (AvgIpc) is 3.33. The minimum absolute atomic E-state index is 0.0414. The van der Waals surface area contributed by atoms with Crippen LogP contribution in [0.5, 0.6) is 0 Å². The highest BCUT2D eigenvalue weighted by molar-refractivity contribution is 6.00. The number of carbonyl (C=O) groups is 2. The number of allylic oxidation sites excluding steroid dienone is 1. The number of amides is 1. The summed E-state index contributed by atoms with van der Waals surface area (Å²) in [6.45, 7) is 10.4. The maximum absolute atomic E-state index is 13.4. The second-order valence-corrected chi connectivity index (χ2v) is 11.3. The summed E-state index contributed by atoms with van der Waals surface area (Å²) in [6.07, 6.45) is 2.05. The molecule has 1 aromatic carbocycles. The molecule has 33 heavy (non-hydrogen) atoms. The number of ketones is 1. The zero-order chi connectivity index (χ0) is 23.2. The molecule has 1 N–H and O–H groups in total. The second-order valence-electron chi connectivity index (χ2n) is 11.3. The standard InChI is InChI=1S/C26H30N4O3/c1-15-5-6-17(7-16(15)2)23(32)30-12-25(13-30)11-26(14-33-25)18-10-27-29-22(18)28-19-8-24(3,4)9-20(31)21(19)26/h5-7,28H,8-14H2,1-4H3/t26-/m0/s1. The Hall–Kier alpha value is -2.80. The maximum Gasteiger partial charge on any atom is 0.254 e. The van der Waals surface area contributed by atoms with Crippen molar-refractivity contribution in [2.45, 2.75) is 52.6 Å². The van der Waals surface area contributed by atoms with Crippen molar-refractivity contribution < 1.29 is 14.3 Å². The molecule has 0 bridgehead atoms. The Kier molecular flexibility index (Phi) is 4.17. The van der Waals surface area contributed by atoms with Crippen LogP contribution in [0.1, 0.15) is 54.6 Å². The van der Waals surface area contributed by atoms with Crippen molar-refractivity contribution in [3.63, 3.8) is 0 Å². The largest absolute Gasteiger partial charge is 0.370 e. The highest BCUT2D eigenvalue weighted by Crippen LogP contribution is 2.58. The van der Waals surface area contributed by atoms with Crippen LogP contribution in [0.2, 0.25) is 0 Å². The smallest absolute Gasteiger partial charge is 0.254 e. The first-order valence-electron chi connectivity index (χ1n) is 11.8. The fraction of sp³-hybridized carbons (Fsp3) is 0.538. The van der Waals surface area contributed by atoms with Crippen LogP contribution in [-0.4, -0.2) is 48.4 Å². The minimum Gasteiger partial charge on any atom is -0.370 e. The first-order valence-corrected chi connectivity index (χ1v) is 11.8. The van der Waals surface area contributed by atoms with Gasteiger partial charge < -0.3 is 15.0 Å². The van der Waals surface area contributed by atoms with Crippen LogP contribution in [0.4, 0.5) is 0 Å². The van der Waals surface area contributed by atoms with Crippen LogP contribution in [-0.2, 0) is 9.53 Å². The molecule has 0 unspecified atom stereocenters. The number of nitrogens with zero attached hydrogens (tertiary/aromatic N) is 3. The fourth-order valence-electron chi connectivity index (χ4n) is 6.40. The fourth-order valence-corrected chi connectivity index (χ4v) is 6.40. The van der Waals surface area contributed by atoms with Crippen LogP contribution >= 0.6 is 0 Å². The van der Waals surface area contributed by atoms with E-state index in [4.69, 9.17) is 4.74 Å². The number of rotatable bonds is 1. The van der Waals surface area contributed by atoms with Crippen LogP contribution in [0.3, 0.4) is 0 Å². The summed E-state index contributed by atoms with van der Waals surface area (Å²) < 4.78 is 6.46. The van der Waals surface area contributed by atoms with Gasteiger partial charge in [-0.2, -0.15) is 5.11 Å². The van der Waals surface area contributed by atoms with E-state index in [1.807, 2.05) is 36.9 Å². The predicted octanol–water partition coefficient (Wildman–Crippen LogP) is 3.83. The SMILES string of the molecule is Cc1ccc(C(=O)N2CC3(C2)C[C@]2(CO3)C3=C(N=NC3)NC3=C2C(=O)CC(C)(C)C3)cc1C. The van der Waals surface area contributed by atoms with Crippen molar-refractivity contribution in [2.75, 3.05) is 26.2 Å². The van der Waals surface area contributed by atoms with Crippen LogP contribution in [0.15, 0.2) is 51.1 Å². The van der Waals surface area contributed by atoms with E-state index >= 15 is 0 Å². The van der Waals surface area contributed by atoms with E-state index < -0.39 is 11.0 Å². The number of dihydropyridines is 1. The van der Waals surface area contributed by atoms with Gasteiger partial charge in [-0.25, -0.2) is 0 Å². The monoisotopic (exact) mass is 446 g/mol. The molecule has 4 heterocycles. The third-order valence-electron chi connectivity index (χ3n) is 8.13. The highest BCUT2D eigenvalue weighted by Gasteiger charge is 2.63. The number of nitrogens with one attached hydrogen (secondary N) is 1.